The van der Waals surface area contributed by atoms with E-state index in [2.05, 4.69) is 35.0 Å². The summed E-state index contributed by atoms with van der Waals surface area (Å²) in [5.41, 5.74) is 3.62. The molecule has 0 amide bonds. The number of nitrogens with one attached hydrogen (secondary N) is 1. The van der Waals surface area contributed by atoms with Crippen LogP contribution in [0.5, 0.6) is 0 Å². The van der Waals surface area contributed by atoms with E-state index >= 15 is 0 Å². The van der Waals surface area contributed by atoms with Gasteiger partial charge in [-0.3, -0.25) is 9.36 Å². The molecule has 0 saturated heterocycles. The summed E-state index contributed by atoms with van der Waals surface area (Å²) in [7, 11) is 1.94. The Labute approximate surface area is 120 Å². The standard InChI is InChI=1S/C15H23N5/c1-11(2)20-14(8-15(18-20)12-4-5-12)10-16-9-13-6-7-19(3)17-13/h6-8,11-12,16H,4-5,9-10H2,1-3H3. The van der Waals surface area contributed by atoms with Crippen LogP contribution in [0.1, 0.15) is 55.7 Å². The molecule has 108 valence electrons. The molecule has 1 aliphatic carbocycles. The normalized spacial score (nSPS) is 15.2. The summed E-state index contributed by atoms with van der Waals surface area (Å²) < 4.78 is 3.99. The highest BCUT2D eigenvalue weighted by Crippen LogP contribution is 2.39. The zero-order chi connectivity index (χ0) is 14.1. The van der Waals surface area contributed by atoms with Crippen molar-refractivity contribution in [3.05, 3.63) is 35.4 Å². The average molecular weight is 273 g/mol. The Morgan fingerprint density at radius 1 is 1.30 bits per heavy atom. The number of hydrogen-bond donors (Lipinski definition) is 1. The number of aryl methyl sites for hydroxylation is 1. The largest absolute Gasteiger partial charge is 0.305 e. The molecule has 1 aliphatic rings. The van der Waals surface area contributed by atoms with E-state index < -0.39 is 0 Å². The maximum absolute atomic E-state index is 4.76. The van der Waals surface area contributed by atoms with Gasteiger partial charge in [0.1, 0.15) is 0 Å². The number of hydrogen-bond acceptors (Lipinski definition) is 3. The predicted octanol–water partition coefficient (Wildman–Crippen LogP) is 2.36. The van der Waals surface area contributed by atoms with Crippen LogP contribution in [0.15, 0.2) is 18.3 Å². The van der Waals surface area contributed by atoms with E-state index in [1.165, 1.54) is 24.2 Å². The lowest BCUT2D eigenvalue weighted by Crippen LogP contribution is -2.17. The molecule has 1 fully saturated rings. The van der Waals surface area contributed by atoms with Gasteiger partial charge >= 0.3 is 0 Å². The second kappa shape index (κ2) is 5.40. The van der Waals surface area contributed by atoms with E-state index in [0.717, 1.165) is 18.8 Å². The van der Waals surface area contributed by atoms with Crippen molar-refractivity contribution in [1.82, 2.24) is 24.9 Å². The molecule has 2 aromatic rings. The van der Waals surface area contributed by atoms with Crippen LogP contribution in [0.25, 0.3) is 0 Å². The quantitative estimate of drug-likeness (QED) is 0.879. The SMILES string of the molecule is CC(C)n1nc(C2CC2)cc1CNCc1ccn(C)n1. The minimum atomic E-state index is 0.411. The zero-order valence-corrected chi connectivity index (χ0v) is 12.5. The lowest BCUT2D eigenvalue weighted by Gasteiger charge is -2.11. The van der Waals surface area contributed by atoms with Crippen LogP contribution in [0.4, 0.5) is 0 Å². The highest BCUT2D eigenvalue weighted by atomic mass is 15.3. The molecule has 0 atom stereocenters. The second-order valence-corrected chi connectivity index (χ2v) is 5.96. The molecule has 0 unspecified atom stereocenters. The molecule has 0 spiro atoms. The molecule has 2 heterocycles. The van der Waals surface area contributed by atoms with Crippen LogP contribution in [0.2, 0.25) is 0 Å². The fourth-order valence-corrected chi connectivity index (χ4v) is 2.49. The van der Waals surface area contributed by atoms with Crippen LogP contribution >= 0.6 is 0 Å². The third-order valence-corrected chi connectivity index (χ3v) is 3.70. The van der Waals surface area contributed by atoms with Crippen LogP contribution in [-0.2, 0) is 20.1 Å². The van der Waals surface area contributed by atoms with Crippen molar-refractivity contribution in [3.8, 4) is 0 Å². The Bertz CT molecular complexity index is 577. The molecule has 0 aliphatic heterocycles. The van der Waals surface area contributed by atoms with E-state index in [-0.39, 0.29) is 0 Å². The predicted molar refractivity (Wildman–Crippen MR) is 78.3 cm³/mol. The van der Waals surface area contributed by atoms with Crippen molar-refractivity contribution >= 4 is 0 Å². The van der Waals surface area contributed by atoms with E-state index in [1.54, 1.807) is 0 Å². The molecule has 1 N–H and O–H groups in total. The molecule has 1 saturated carbocycles. The summed E-state index contributed by atoms with van der Waals surface area (Å²) in [4.78, 5) is 0. The minimum Gasteiger partial charge on any atom is -0.305 e. The van der Waals surface area contributed by atoms with Crippen LogP contribution in [0.3, 0.4) is 0 Å². The first-order chi connectivity index (χ1) is 9.63. The maximum Gasteiger partial charge on any atom is 0.0762 e. The van der Waals surface area contributed by atoms with Gasteiger partial charge in [0.05, 0.1) is 17.1 Å². The van der Waals surface area contributed by atoms with Gasteiger partial charge in [0.2, 0.25) is 0 Å². The van der Waals surface area contributed by atoms with Crippen LogP contribution in [0, 0.1) is 0 Å². The molecular weight excluding hydrogens is 250 g/mol. The van der Waals surface area contributed by atoms with Gasteiger partial charge in [-0.1, -0.05) is 0 Å². The third-order valence-electron chi connectivity index (χ3n) is 3.70. The van der Waals surface area contributed by atoms with Gasteiger partial charge < -0.3 is 5.32 Å². The van der Waals surface area contributed by atoms with Gasteiger partial charge in [-0.05, 0) is 38.8 Å². The topological polar surface area (TPSA) is 47.7 Å². The lowest BCUT2D eigenvalue weighted by atomic mass is 10.2. The highest BCUT2D eigenvalue weighted by Gasteiger charge is 2.27. The van der Waals surface area contributed by atoms with E-state index in [9.17, 15) is 0 Å². The minimum absolute atomic E-state index is 0.411. The summed E-state index contributed by atoms with van der Waals surface area (Å²) in [6, 6.07) is 4.72. The molecule has 0 aromatic carbocycles. The number of nitrogens with zero attached hydrogens (tertiary/aromatic N) is 4. The summed E-state index contributed by atoms with van der Waals surface area (Å²) in [5.74, 6) is 0.713. The lowest BCUT2D eigenvalue weighted by molar-refractivity contribution is 0.490. The van der Waals surface area contributed by atoms with E-state index in [0.29, 0.717) is 12.0 Å². The fraction of sp³-hybridized carbons (Fsp3) is 0.600. The summed E-state index contributed by atoms with van der Waals surface area (Å²) in [5, 5.41) is 12.6. The highest BCUT2D eigenvalue weighted by molar-refractivity contribution is 5.19. The smallest absolute Gasteiger partial charge is 0.0762 e. The number of aromatic nitrogens is 4. The van der Waals surface area contributed by atoms with Gasteiger partial charge in [-0.15, -0.1) is 0 Å². The van der Waals surface area contributed by atoms with Crippen molar-refractivity contribution in [2.75, 3.05) is 0 Å². The first kappa shape index (κ1) is 13.4. The fourth-order valence-electron chi connectivity index (χ4n) is 2.49. The maximum atomic E-state index is 4.76. The van der Waals surface area contributed by atoms with E-state index in [4.69, 9.17) is 5.10 Å². The Morgan fingerprint density at radius 3 is 2.70 bits per heavy atom. The molecule has 3 rings (SSSR count). The second-order valence-electron chi connectivity index (χ2n) is 5.96. The first-order valence-corrected chi connectivity index (χ1v) is 7.41. The van der Waals surface area contributed by atoms with Crippen molar-refractivity contribution in [2.24, 2.45) is 7.05 Å². The molecule has 5 heteroatoms. The zero-order valence-electron chi connectivity index (χ0n) is 12.5. The monoisotopic (exact) mass is 273 g/mol. The van der Waals surface area contributed by atoms with E-state index in [1.807, 2.05) is 24.0 Å². The first-order valence-electron chi connectivity index (χ1n) is 7.41. The summed E-state index contributed by atoms with van der Waals surface area (Å²) >= 11 is 0. The van der Waals surface area contributed by atoms with Gasteiger partial charge in [-0.25, -0.2) is 0 Å². The molecule has 2 aromatic heterocycles. The van der Waals surface area contributed by atoms with Crippen molar-refractivity contribution < 1.29 is 0 Å². The molecule has 0 radical (unpaired) electrons. The van der Waals surface area contributed by atoms with Gasteiger partial charge in [-0.2, -0.15) is 10.2 Å². The Morgan fingerprint density at radius 2 is 2.10 bits per heavy atom. The van der Waals surface area contributed by atoms with Crippen molar-refractivity contribution in [1.29, 1.82) is 0 Å². The Kier molecular flexibility index (Phi) is 3.61. The Balaban J connectivity index is 1.63. The molecule has 5 nitrogen and oxygen atoms in total. The molecule has 0 bridgehead atoms. The van der Waals surface area contributed by atoms with Crippen molar-refractivity contribution in [3.63, 3.8) is 0 Å². The van der Waals surface area contributed by atoms with Crippen LogP contribution < -0.4 is 5.32 Å². The number of rotatable bonds is 6. The van der Waals surface area contributed by atoms with Crippen molar-refractivity contribution in [2.45, 2.75) is 51.7 Å². The third kappa shape index (κ3) is 2.93. The van der Waals surface area contributed by atoms with Gasteiger partial charge in [0.25, 0.3) is 0 Å². The Hall–Kier alpha value is -1.62. The molecule has 20 heavy (non-hydrogen) atoms. The summed E-state index contributed by atoms with van der Waals surface area (Å²) in [6.07, 6.45) is 4.58. The molecular formula is C15H23N5. The van der Waals surface area contributed by atoms with Gasteiger partial charge in [0, 0.05) is 38.3 Å². The average Bonchev–Trinajstić information content (AvgIpc) is 3.04. The van der Waals surface area contributed by atoms with Gasteiger partial charge in [0.15, 0.2) is 0 Å². The summed E-state index contributed by atoms with van der Waals surface area (Å²) in [6.45, 7) is 6.01. The van der Waals surface area contributed by atoms with Crippen LogP contribution in [-0.4, -0.2) is 19.6 Å².